The van der Waals surface area contributed by atoms with Crippen LogP contribution >= 0.6 is 0 Å². The Morgan fingerprint density at radius 1 is 1.06 bits per heavy atom. The van der Waals surface area contributed by atoms with Gasteiger partial charge in [-0.1, -0.05) is 24.3 Å². The first-order valence-corrected chi connectivity index (χ1v) is 7.25. The predicted octanol–water partition coefficient (Wildman–Crippen LogP) is 1.69. The molecule has 5 fully saturated rings. The summed E-state index contributed by atoms with van der Waals surface area (Å²) in [4.78, 5) is 0. The van der Waals surface area contributed by atoms with Gasteiger partial charge in [-0.3, -0.25) is 0 Å². The molecule has 1 aromatic carbocycles. The molecule has 1 aromatic rings. The van der Waals surface area contributed by atoms with E-state index in [4.69, 9.17) is 9.47 Å². The maximum atomic E-state index is 6.63. The van der Waals surface area contributed by atoms with Crippen LogP contribution in [-0.4, -0.2) is 24.9 Å². The normalized spacial score (nSPS) is 66.4. The molecule has 6 aliphatic rings. The molecule has 0 bridgehead atoms. The third kappa shape index (κ3) is 0.449. The van der Waals surface area contributed by atoms with Crippen molar-refractivity contribution in [1.82, 2.24) is 0 Å². The summed E-state index contributed by atoms with van der Waals surface area (Å²) in [6.07, 6.45) is 0.531. The van der Waals surface area contributed by atoms with Gasteiger partial charge in [-0.25, -0.2) is 0 Å². The highest BCUT2D eigenvalue weighted by atomic mass is 16.6. The Balaban J connectivity index is 1.68. The van der Waals surface area contributed by atoms with Crippen LogP contribution in [0, 0.1) is 23.7 Å². The Kier molecular flexibility index (Phi) is 0.921. The number of rotatable bonds is 0. The standard InChI is InChI=1S/C16H14O2/c1-2-4-8-7(3-1)9-10-11-13-12(10)15(8)5-17-6-16(13,15)18-14(9)11/h1-4,9-14H,5-6H2. The van der Waals surface area contributed by atoms with Gasteiger partial charge in [0.05, 0.1) is 24.7 Å². The van der Waals surface area contributed by atoms with Crippen molar-refractivity contribution in [3.8, 4) is 0 Å². The second-order valence-electron chi connectivity index (χ2n) is 7.26. The maximum Gasteiger partial charge on any atom is 0.107 e. The first-order chi connectivity index (χ1) is 8.90. The minimum absolute atomic E-state index is 0.0881. The van der Waals surface area contributed by atoms with Crippen LogP contribution in [0.1, 0.15) is 17.0 Å². The first-order valence-electron chi connectivity index (χ1n) is 7.25. The lowest BCUT2D eigenvalue weighted by molar-refractivity contribution is -0.248. The zero-order valence-corrected chi connectivity index (χ0v) is 10.0. The molecule has 7 rings (SSSR count). The minimum atomic E-state index is 0.0881. The van der Waals surface area contributed by atoms with Crippen LogP contribution in [0.2, 0.25) is 0 Å². The Bertz CT molecular complexity index is 634. The van der Waals surface area contributed by atoms with Crippen LogP contribution in [0.25, 0.3) is 0 Å². The Hall–Kier alpha value is -0.860. The van der Waals surface area contributed by atoms with E-state index in [1.54, 1.807) is 11.1 Å². The fraction of sp³-hybridized carbons (Fsp3) is 0.625. The van der Waals surface area contributed by atoms with Gasteiger partial charge in [0.25, 0.3) is 0 Å². The van der Waals surface area contributed by atoms with Crippen molar-refractivity contribution >= 4 is 0 Å². The summed E-state index contributed by atoms with van der Waals surface area (Å²) in [6.45, 7) is 1.77. The van der Waals surface area contributed by atoms with Crippen LogP contribution in [0.4, 0.5) is 0 Å². The third-order valence-electron chi connectivity index (χ3n) is 7.46. The van der Waals surface area contributed by atoms with E-state index in [1.165, 1.54) is 0 Å². The van der Waals surface area contributed by atoms with Crippen molar-refractivity contribution in [2.75, 3.05) is 13.2 Å². The average Bonchev–Trinajstić information content (AvgIpc) is 2.58. The van der Waals surface area contributed by atoms with E-state index in [0.717, 1.165) is 42.8 Å². The predicted molar refractivity (Wildman–Crippen MR) is 63.2 cm³/mol. The third-order valence-corrected chi connectivity index (χ3v) is 7.46. The zero-order chi connectivity index (χ0) is 11.3. The van der Waals surface area contributed by atoms with Crippen molar-refractivity contribution < 1.29 is 9.47 Å². The first kappa shape index (κ1) is 8.34. The van der Waals surface area contributed by atoms with E-state index in [-0.39, 0.29) is 11.0 Å². The number of hydrogen-bond acceptors (Lipinski definition) is 2. The molecule has 4 aliphatic carbocycles. The number of hydrogen-bond donors (Lipinski definition) is 0. The van der Waals surface area contributed by atoms with Crippen molar-refractivity contribution in [2.24, 2.45) is 23.7 Å². The summed E-state index contributed by atoms with van der Waals surface area (Å²) < 4.78 is 12.6. The molecule has 0 aromatic heterocycles. The van der Waals surface area contributed by atoms with Crippen molar-refractivity contribution in [2.45, 2.75) is 23.0 Å². The molecule has 18 heavy (non-hydrogen) atoms. The quantitative estimate of drug-likeness (QED) is 0.685. The molecule has 0 amide bonds. The highest BCUT2D eigenvalue weighted by Crippen LogP contribution is 2.90. The monoisotopic (exact) mass is 238 g/mol. The van der Waals surface area contributed by atoms with E-state index < -0.39 is 0 Å². The summed E-state index contributed by atoms with van der Waals surface area (Å²) in [5, 5.41) is 0. The summed E-state index contributed by atoms with van der Waals surface area (Å²) in [6, 6.07) is 9.14. The Morgan fingerprint density at radius 2 is 2.00 bits per heavy atom. The molecule has 2 heteroatoms. The lowest BCUT2D eigenvalue weighted by Crippen LogP contribution is -2.84. The molecule has 8 unspecified atom stereocenters. The Morgan fingerprint density at radius 3 is 3.00 bits per heavy atom. The molecular weight excluding hydrogens is 224 g/mol. The van der Waals surface area contributed by atoms with Crippen molar-refractivity contribution in [3.63, 3.8) is 0 Å². The van der Waals surface area contributed by atoms with E-state index in [9.17, 15) is 0 Å². The van der Waals surface area contributed by atoms with Crippen molar-refractivity contribution in [3.05, 3.63) is 35.4 Å². The number of ether oxygens (including phenoxy) is 2. The average molecular weight is 238 g/mol. The van der Waals surface area contributed by atoms with E-state index in [2.05, 4.69) is 24.3 Å². The van der Waals surface area contributed by atoms with Gasteiger partial charge in [0.1, 0.15) is 5.60 Å². The molecule has 2 spiro atoms. The lowest BCUT2D eigenvalue weighted by Gasteiger charge is -2.78. The zero-order valence-electron chi connectivity index (χ0n) is 10.0. The molecule has 2 saturated heterocycles. The summed E-state index contributed by atoms with van der Waals surface area (Å²) in [7, 11) is 0. The molecule has 2 heterocycles. The van der Waals surface area contributed by atoms with Crippen LogP contribution in [0.3, 0.4) is 0 Å². The molecule has 2 nitrogen and oxygen atoms in total. The molecule has 8 atom stereocenters. The molecule has 90 valence electrons. The fourth-order valence-electron chi connectivity index (χ4n) is 7.21. The largest absolute Gasteiger partial charge is 0.377 e. The van der Waals surface area contributed by atoms with Crippen LogP contribution in [0.5, 0.6) is 0 Å². The highest BCUT2D eigenvalue weighted by molar-refractivity contribution is 5.60. The molecular formula is C16H14O2. The van der Waals surface area contributed by atoms with E-state index in [0.29, 0.717) is 6.10 Å². The fourth-order valence-corrected chi connectivity index (χ4v) is 7.21. The number of fused-ring (bicyclic) bond motifs is 3. The Labute approximate surface area is 105 Å². The summed E-state index contributed by atoms with van der Waals surface area (Å²) >= 11 is 0. The van der Waals surface area contributed by atoms with Gasteiger partial charge in [-0.05, 0) is 28.9 Å². The summed E-state index contributed by atoms with van der Waals surface area (Å²) in [5.41, 5.74) is 3.53. The lowest BCUT2D eigenvalue weighted by atomic mass is 9.22. The van der Waals surface area contributed by atoms with Crippen LogP contribution in [-0.2, 0) is 14.9 Å². The second kappa shape index (κ2) is 1.99. The second-order valence-corrected chi connectivity index (χ2v) is 7.26. The van der Waals surface area contributed by atoms with E-state index in [1.807, 2.05) is 0 Å². The van der Waals surface area contributed by atoms with Crippen LogP contribution in [0.15, 0.2) is 24.3 Å². The van der Waals surface area contributed by atoms with Gasteiger partial charge >= 0.3 is 0 Å². The van der Waals surface area contributed by atoms with Crippen LogP contribution < -0.4 is 0 Å². The SMILES string of the molecule is c1ccc2c(c1)C1C3OC45COCC24C2C1C3C25. The van der Waals surface area contributed by atoms with Gasteiger partial charge in [-0.15, -0.1) is 0 Å². The van der Waals surface area contributed by atoms with Gasteiger partial charge in [0, 0.05) is 11.8 Å². The van der Waals surface area contributed by atoms with Crippen molar-refractivity contribution in [1.29, 1.82) is 0 Å². The topological polar surface area (TPSA) is 18.5 Å². The molecule has 0 N–H and O–H groups in total. The van der Waals surface area contributed by atoms with Gasteiger partial charge in [0.2, 0.25) is 0 Å². The molecule has 2 aliphatic heterocycles. The summed E-state index contributed by atoms with van der Waals surface area (Å²) in [5.74, 6) is 4.29. The maximum absolute atomic E-state index is 6.63. The smallest absolute Gasteiger partial charge is 0.107 e. The van der Waals surface area contributed by atoms with Gasteiger partial charge in [0.15, 0.2) is 0 Å². The molecule has 3 saturated carbocycles. The van der Waals surface area contributed by atoms with Gasteiger partial charge < -0.3 is 9.47 Å². The minimum Gasteiger partial charge on any atom is -0.377 e. The van der Waals surface area contributed by atoms with Gasteiger partial charge in [-0.2, -0.15) is 0 Å². The highest BCUT2D eigenvalue weighted by Gasteiger charge is 2.95. The molecule has 0 radical (unpaired) electrons. The van der Waals surface area contributed by atoms with E-state index >= 15 is 0 Å². The number of benzene rings is 1.